The predicted octanol–water partition coefficient (Wildman–Crippen LogP) is 4.27. The van der Waals surface area contributed by atoms with Gasteiger partial charge in [-0.3, -0.25) is 9.20 Å². The minimum atomic E-state index is -0.170. The average Bonchev–Trinajstić information content (AvgIpc) is 3.02. The molecule has 3 rings (SSSR count). The molecule has 5 nitrogen and oxygen atoms in total. The minimum absolute atomic E-state index is 0.170. The number of fused-ring (bicyclic) bond motifs is 1. The van der Waals surface area contributed by atoms with Crippen LogP contribution in [0.1, 0.15) is 30.0 Å². The molecule has 0 saturated heterocycles. The number of thioether (sulfide) groups is 1. The van der Waals surface area contributed by atoms with Crippen molar-refractivity contribution in [3.8, 4) is 5.75 Å². The van der Waals surface area contributed by atoms with E-state index in [-0.39, 0.29) is 5.91 Å². The topological polar surface area (TPSA) is 55.6 Å². The van der Waals surface area contributed by atoms with Crippen molar-refractivity contribution in [2.75, 3.05) is 18.2 Å². The van der Waals surface area contributed by atoms with Gasteiger partial charge in [0, 0.05) is 16.8 Å². The summed E-state index contributed by atoms with van der Waals surface area (Å²) in [5.41, 5.74) is 2.75. The van der Waals surface area contributed by atoms with E-state index in [2.05, 4.69) is 10.3 Å². The van der Waals surface area contributed by atoms with Crippen LogP contribution in [0.2, 0.25) is 0 Å². The first-order valence-electron chi connectivity index (χ1n) is 8.26. The van der Waals surface area contributed by atoms with Crippen LogP contribution in [0.4, 0.5) is 5.69 Å². The zero-order valence-electron chi connectivity index (χ0n) is 14.6. The highest BCUT2D eigenvalue weighted by atomic mass is 32.2. The summed E-state index contributed by atoms with van der Waals surface area (Å²) < 4.78 is 7.45. The normalized spacial score (nSPS) is 10.8. The molecule has 2 aromatic heterocycles. The van der Waals surface area contributed by atoms with E-state index in [1.807, 2.05) is 62.7 Å². The highest BCUT2D eigenvalue weighted by Crippen LogP contribution is 2.24. The number of aryl methyl sites for hydroxylation is 1. The van der Waals surface area contributed by atoms with Gasteiger partial charge in [0.2, 0.25) is 0 Å². The molecule has 1 aromatic carbocycles. The number of nitrogens with zero attached hydrogens (tertiary/aromatic N) is 2. The lowest BCUT2D eigenvalue weighted by Crippen LogP contribution is -2.16. The number of carbonyl (C=O) groups excluding carboxylic acids is 1. The number of carbonyl (C=O) groups is 1. The van der Waals surface area contributed by atoms with E-state index < -0.39 is 0 Å². The molecule has 3 aromatic rings. The second-order valence-electron chi connectivity index (χ2n) is 5.45. The standard InChI is InChI=1S/C19H21N3O2S/c1-4-15-17(19(23)20-13-8-6-9-14(12-13)25-3)22-11-7-10-16(24-5-2)18(22)21-15/h6-12H,4-5H2,1-3H3,(H,20,23). The van der Waals surface area contributed by atoms with Crippen LogP contribution in [0.5, 0.6) is 5.75 Å². The molecule has 0 unspecified atom stereocenters. The summed E-state index contributed by atoms with van der Waals surface area (Å²) in [4.78, 5) is 18.6. The molecule has 0 aliphatic heterocycles. The molecule has 25 heavy (non-hydrogen) atoms. The Labute approximate surface area is 151 Å². The number of aromatic nitrogens is 2. The first kappa shape index (κ1) is 17.4. The zero-order valence-corrected chi connectivity index (χ0v) is 15.4. The Kier molecular flexibility index (Phi) is 5.28. The van der Waals surface area contributed by atoms with Crippen LogP contribution in [-0.2, 0) is 6.42 Å². The molecule has 2 heterocycles. The molecule has 1 N–H and O–H groups in total. The number of ether oxygens (including phenoxy) is 1. The molecular weight excluding hydrogens is 334 g/mol. The summed E-state index contributed by atoms with van der Waals surface area (Å²) in [6, 6.07) is 11.5. The molecule has 0 radical (unpaired) electrons. The predicted molar refractivity (Wildman–Crippen MR) is 102 cm³/mol. The number of benzene rings is 1. The van der Waals surface area contributed by atoms with Crippen molar-refractivity contribution in [3.63, 3.8) is 0 Å². The fourth-order valence-electron chi connectivity index (χ4n) is 2.74. The fraction of sp³-hybridized carbons (Fsp3) is 0.263. The van der Waals surface area contributed by atoms with Gasteiger partial charge in [-0.25, -0.2) is 4.98 Å². The maximum atomic E-state index is 12.9. The lowest BCUT2D eigenvalue weighted by molar-refractivity contribution is 0.102. The SMILES string of the molecule is CCOc1cccn2c(C(=O)Nc3cccc(SC)c3)c(CC)nc12. The van der Waals surface area contributed by atoms with E-state index in [4.69, 9.17) is 4.74 Å². The van der Waals surface area contributed by atoms with Gasteiger partial charge in [0.15, 0.2) is 11.4 Å². The Morgan fingerprint density at radius 1 is 1.28 bits per heavy atom. The fourth-order valence-corrected chi connectivity index (χ4v) is 3.20. The van der Waals surface area contributed by atoms with Crippen LogP contribution >= 0.6 is 11.8 Å². The molecule has 0 aliphatic carbocycles. The van der Waals surface area contributed by atoms with E-state index in [0.717, 1.165) is 16.3 Å². The van der Waals surface area contributed by atoms with Crippen LogP contribution in [0.3, 0.4) is 0 Å². The Balaban J connectivity index is 2.01. The van der Waals surface area contributed by atoms with E-state index in [9.17, 15) is 4.79 Å². The number of anilines is 1. The maximum Gasteiger partial charge on any atom is 0.274 e. The Morgan fingerprint density at radius 3 is 2.84 bits per heavy atom. The average molecular weight is 355 g/mol. The van der Waals surface area contributed by atoms with Gasteiger partial charge in [-0.1, -0.05) is 13.0 Å². The molecular formula is C19H21N3O2S. The zero-order chi connectivity index (χ0) is 17.8. The van der Waals surface area contributed by atoms with Crippen LogP contribution < -0.4 is 10.1 Å². The number of nitrogens with one attached hydrogen (secondary N) is 1. The summed E-state index contributed by atoms with van der Waals surface area (Å²) in [6.45, 7) is 4.48. The summed E-state index contributed by atoms with van der Waals surface area (Å²) in [7, 11) is 0. The van der Waals surface area contributed by atoms with Crippen LogP contribution in [0.15, 0.2) is 47.5 Å². The van der Waals surface area contributed by atoms with Crippen molar-refractivity contribution >= 4 is 29.0 Å². The first-order valence-corrected chi connectivity index (χ1v) is 9.48. The molecule has 0 fully saturated rings. The lowest BCUT2D eigenvalue weighted by atomic mass is 10.2. The number of imidazole rings is 1. The quantitative estimate of drug-likeness (QED) is 0.671. The molecule has 0 bridgehead atoms. The van der Waals surface area contributed by atoms with Gasteiger partial charge in [-0.05, 0) is 49.9 Å². The summed E-state index contributed by atoms with van der Waals surface area (Å²) in [6.07, 6.45) is 4.52. The lowest BCUT2D eigenvalue weighted by Gasteiger charge is -2.08. The van der Waals surface area contributed by atoms with Gasteiger partial charge < -0.3 is 10.1 Å². The van der Waals surface area contributed by atoms with Gasteiger partial charge in [-0.2, -0.15) is 0 Å². The summed E-state index contributed by atoms with van der Waals surface area (Å²) >= 11 is 1.64. The van der Waals surface area contributed by atoms with Crippen molar-refractivity contribution in [1.29, 1.82) is 0 Å². The van der Waals surface area contributed by atoms with Crippen molar-refractivity contribution in [1.82, 2.24) is 9.38 Å². The third kappa shape index (κ3) is 3.49. The third-order valence-corrected chi connectivity index (χ3v) is 4.59. The van der Waals surface area contributed by atoms with Gasteiger partial charge in [0.1, 0.15) is 5.69 Å². The monoisotopic (exact) mass is 355 g/mol. The third-order valence-electron chi connectivity index (χ3n) is 3.86. The van der Waals surface area contributed by atoms with Crippen LogP contribution in [0, 0.1) is 0 Å². The first-order chi connectivity index (χ1) is 12.2. The van der Waals surface area contributed by atoms with Crippen molar-refractivity contribution < 1.29 is 9.53 Å². The summed E-state index contributed by atoms with van der Waals surface area (Å²) in [5.74, 6) is 0.513. The summed E-state index contributed by atoms with van der Waals surface area (Å²) in [5, 5.41) is 2.98. The van der Waals surface area contributed by atoms with E-state index >= 15 is 0 Å². The Hall–Kier alpha value is -2.47. The largest absolute Gasteiger partial charge is 0.490 e. The van der Waals surface area contributed by atoms with E-state index in [0.29, 0.717) is 30.1 Å². The van der Waals surface area contributed by atoms with Crippen molar-refractivity contribution in [3.05, 3.63) is 54.0 Å². The Morgan fingerprint density at radius 2 is 2.12 bits per heavy atom. The van der Waals surface area contributed by atoms with Gasteiger partial charge in [-0.15, -0.1) is 11.8 Å². The maximum absolute atomic E-state index is 12.9. The number of amides is 1. The van der Waals surface area contributed by atoms with Crippen LogP contribution in [0.25, 0.3) is 5.65 Å². The molecule has 6 heteroatoms. The number of rotatable bonds is 6. The van der Waals surface area contributed by atoms with E-state index in [1.54, 1.807) is 16.2 Å². The molecule has 130 valence electrons. The minimum Gasteiger partial charge on any atom is -0.490 e. The van der Waals surface area contributed by atoms with Crippen molar-refractivity contribution in [2.45, 2.75) is 25.2 Å². The highest BCUT2D eigenvalue weighted by Gasteiger charge is 2.20. The number of pyridine rings is 1. The van der Waals surface area contributed by atoms with Crippen LogP contribution in [-0.4, -0.2) is 28.2 Å². The van der Waals surface area contributed by atoms with Gasteiger partial charge >= 0.3 is 0 Å². The number of hydrogen-bond acceptors (Lipinski definition) is 4. The van der Waals surface area contributed by atoms with E-state index in [1.165, 1.54) is 0 Å². The van der Waals surface area contributed by atoms with Gasteiger partial charge in [0.25, 0.3) is 5.91 Å². The van der Waals surface area contributed by atoms with Crippen molar-refractivity contribution in [2.24, 2.45) is 0 Å². The highest BCUT2D eigenvalue weighted by molar-refractivity contribution is 7.98. The molecule has 0 saturated carbocycles. The van der Waals surface area contributed by atoms with Gasteiger partial charge in [0.05, 0.1) is 12.3 Å². The smallest absolute Gasteiger partial charge is 0.274 e. The molecule has 0 atom stereocenters. The number of hydrogen-bond donors (Lipinski definition) is 1. The second kappa shape index (κ2) is 7.61. The molecule has 0 aliphatic rings. The second-order valence-corrected chi connectivity index (χ2v) is 6.33. The Bertz CT molecular complexity index is 905. The molecule has 0 spiro atoms. The molecule has 1 amide bonds.